The lowest BCUT2D eigenvalue weighted by molar-refractivity contribution is -0.124. The summed E-state index contributed by atoms with van der Waals surface area (Å²) in [6, 6.07) is 10.2. The Morgan fingerprint density at radius 2 is 1.91 bits per heavy atom. The highest BCUT2D eigenvalue weighted by Gasteiger charge is 2.23. The molecule has 0 aliphatic carbocycles. The summed E-state index contributed by atoms with van der Waals surface area (Å²) in [6.07, 6.45) is 0.453. The number of fused-ring (bicyclic) bond motifs is 1. The van der Waals surface area contributed by atoms with E-state index in [2.05, 4.69) is 25.2 Å². The van der Waals surface area contributed by atoms with Gasteiger partial charge in [0.1, 0.15) is 10.5 Å². The molecule has 13 heteroatoms. The van der Waals surface area contributed by atoms with Crippen molar-refractivity contribution >= 4 is 55.2 Å². The van der Waals surface area contributed by atoms with Crippen molar-refractivity contribution in [2.75, 3.05) is 10.0 Å². The van der Waals surface area contributed by atoms with Gasteiger partial charge in [-0.05, 0) is 55.8 Å². The molecule has 0 radical (unpaired) electrons. The molecule has 0 bridgehead atoms. The first-order valence-corrected chi connectivity index (χ1v) is 12.3. The van der Waals surface area contributed by atoms with E-state index in [1.165, 1.54) is 42.8 Å². The molecule has 0 aliphatic rings. The van der Waals surface area contributed by atoms with Crippen LogP contribution < -0.4 is 10.0 Å². The van der Waals surface area contributed by atoms with Crippen LogP contribution in [0.25, 0.3) is 11.1 Å². The van der Waals surface area contributed by atoms with Crippen molar-refractivity contribution in [3.63, 3.8) is 0 Å². The average molecular weight is 502 g/mol. The second kappa shape index (κ2) is 9.57. The van der Waals surface area contributed by atoms with Crippen molar-refractivity contribution in [2.24, 2.45) is 0 Å². The number of esters is 1. The number of carbonyl (C=O) groups is 2. The zero-order valence-corrected chi connectivity index (χ0v) is 19.6. The lowest BCUT2D eigenvalue weighted by atomic mass is 10.2. The van der Waals surface area contributed by atoms with Gasteiger partial charge >= 0.3 is 5.97 Å². The Bertz CT molecular complexity index is 1450. The fourth-order valence-electron chi connectivity index (χ4n) is 2.95. The summed E-state index contributed by atoms with van der Waals surface area (Å²) in [4.78, 5) is 29.1. The molecule has 2 heterocycles. The molecule has 2 aromatic heterocycles. The van der Waals surface area contributed by atoms with E-state index in [1.807, 2.05) is 0 Å². The molecule has 2 aromatic carbocycles. The van der Waals surface area contributed by atoms with Gasteiger partial charge in [-0.15, -0.1) is 10.2 Å². The molecule has 4 aromatic rings. The molecule has 1 unspecified atom stereocenters. The number of carbonyl (C=O) groups excluding carboxylic acids is 2. The molecular formula is C21H19N5O6S2. The number of hydrogen-bond acceptors (Lipinski definition) is 10. The maximum absolute atomic E-state index is 12.6. The van der Waals surface area contributed by atoms with Crippen molar-refractivity contribution in [3.8, 4) is 0 Å². The summed E-state index contributed by atoms with van der Waals surface area (Å²) in [5, 5.41) is 10.9. The predicted octanol–water partition coefficient (Wildman–Crippen LogP) is 3.36. The normalized spacial score (nSPS) is 12.3. The highest BCUT2D eigenvalue weighted by atomic mass is 32.2. The number of nitrogens with zero attached hydrogens (tertiary/aromatic N) is 3. The highest BCUT2D eigenvalue weighted by Crippen LogP contribution is 2.21. The zero-order chi connectivity index (χ0) is 24.3. The number of amides is 1. The first-order chi connectivity index (χ1) is 16.2. The quantitative estimate of drug-likeness (QED) is 0.346. The van der Waals surface area contributed by atoms with Crippen molar-refractivity contribution in [2.45, 2.75) is 31.3 Å². The Hall–Kier alpha value is -3.84. The standard InChI is InChI=1S/C21H19N5O6S2/c1-3-17(32-20(28)13-4-9-16-18(10-13)31-11-22-16)19(27)23-14-5-7-15(8-6-14)34(29,30)26-21-25-24-12(2)33-21/h4-11,17H,3H2,1-2H3,(H,23,27)(H,25,26). The fraction of sp³-hybridized carbons (Fsp3) is 0.190. The average Bonchev–Trinajstić information content (AvgIpc) is 3.45. The Labute approximate surface area is 198 Å². The van der Waals surface area contributed by atoms with Crippen LogP contribution in [0.4, 0.5) is 10.8 Å². The largest absolute Gasteiger partial charge is 0.449 e. The van der Waals surface area contributed by atoms with Gasteiger partial charge in [0.25, 0.3) is 15.9 Å². The minimum Gasteiger partial charge on any atom is -0.449 e. The van der Waals surface area contributed by atoms with Crippen LogP contribution in [0, 0.1) is 6.92 Å². The Morgan fingerprint density at radius 3 is 2.59 bits per heavy atom. The summed E-state index contributed by atoms with van der Waals surface area (Å²) in [5.74, 6) is -1.23. The number of aromatic nitrogens is 3. The highest BCUT2D eigenvalue weighted by molar-refractivity contribution is 7.93. The number of aryl methyl sites for hydroxylation is 1. The molecule has 0 spiro atoms. The van der Waals surface area contributed by atoms with Gasteiger partial charge in [0.15, 0.2) is 18.1 Å². The van der Waals surface area contributed by atoms with Gasteiger partial charge in [0.2, 0.25) is 5.13 Å². The molecule has 0 saturated heterocycles. The lowest BCUT2D eigenvalue weighted by Gasteiger charge is -2.16. The number of hydrogen-bond donors (Lipinski definition) is 2. The molecule has 2 N–H and O–H groups in total. The summed E-state index contributed by atoms with van der Waals surface area (Å²) in [5.41, 5.74) is 1.59. The molecule has 11 nitrogen and oxygen atoms in total. The number of sulfonamides is 1. The third-order valence-electron chi connectivity index (χ3n) is 4.66. The van der Waals surface area contributed by atoms with Gasteiger partial charge in [0, 0.05) is 5.69 Å². The van der Waals surface area contributed by atoms with Crippen molar-refractivity contribution in [1.82, 2.24) is 15.2 Å². The Morgan fingerprint density at radius 1 is 1.15 bits per heavy atom. The van der Waals surface area contributed by atoms with Crippen molar-refractivity contribution in [1.29, 1.82) is 0 Å². The lowest BCUT2D eigenvalue weighted by Crippen LogP contribution is -2.32. The van der Waals surface area contributed by atoms with Gasteiger partial charge in [0.05, 0.1) is 10.5 Å². The minimum atomic E-state index is -3.86. The summed E-state index contributed by atoms with van der Waals surface area (Å²) in [7, 11) is -3.86. The molecule has 0 fully saturated rings. The molecule has 176 valence electrons. The van der Waals surface area contributed by atoms with Gasteiger partial charge < -0.3 is 14.5 Å². The molecule has 1 atom stereocenters. The first kappa shape index (κ1) is 23.3. The first-order valence-electron chi connectivity index (χ1n) is 10.0. The third kappa shape index (κ3) is 5.21. The number of nitrogens with one attached hydrogen (secondary N) is 2. The minimum absolute atomic E-state index is 0.0142. The van der Waals surface area contributed by atoms with E-state index in [1.54, 1.807) is 19.9 Å². The van der Waals surface area contributed by atoms with E-state index in [4.69, 9.17) is 9.15 Å². The Balaban J connectivity index is 1.39. The van der Waals surface area contributed by atoms with Gasteiger partial charge in [-0.3, -0.25) is 9.52 Å². The van der Waals surface area contributed by atoms with Gasteiger partial charge in [-0.2, -0.15) is 0 Å². The second-order valence-electron chi connectivity index (χ2n) is 7.08. The maximum Gasteiger partial charge on any atom is 0.339 e. The van der Waals surface area contributed by atoms with Crippen LogP contribution in [0.15, 0.2) is 58.2 Å². The third-order valence-corrected chi connectivity index (χ3v) is 6.90. The van der Waals surface area contributed by atoms with Crippen LogP contribution in [0.2, 0.25) is 0 Å². The van der Waals surface area contributed by atoms with Crippen molar-refractivity contribution < 1.29 is 27.2 Å². The summed E-state index contributed by atoms with van der Waals surface area (Å²) in [6.45, 7) is 3.41. The summed E-state index contributed by atoms with van der Waals surface area (Å²) < 4.78 is 37.9. The topological polar surface area (TPSA) is 153 Å². The molecule has 0 aliphatic heterocycles. The van der Waals surface area contributed by atoms with Crippen molar-refractivity contribution in [3.05, 3.63) is 59.4 Å². The fourth-order valence-corrected chi connectivity index (χ4v) is 4.78. The molecule has 34 heavy (non-hydrogen) atoms. The Kier molecular flexibility index (Phi) is 6.56. The number of benzene rings is 2. The van der Waals surface area contributed by atoms with Crippen LogP contribution in [-0.2, 0) is 19.6 Å². The smallest absolute Gasteiger partial charge is 0.339 e. The van der Waals surface area contributed by atoms with E-state index in [9.17, 15) is 18.0 Å². The van der Waals surface area contributed by atoms with Crippen LogP contribution in [0.5, 0.6) is 0 Å². The maximum atomic E-state index is 12.6. The molecule has 4 rings (SSSR count). The number of rotatable bonds is 8. The van der Waals surface area contributed by atoms with Crippen LogP contribution >= 0.6 is 11.3 Å². The molecule has 0 saturated carbocycles. The molecule has 1 amide bonds. The SMILES string of the molecule is CCC(OC(=O)c1ccc2ncoc2c1)C(=O)Nc1ccc(S(=O)(=O)Nc2nnc(C)s2)cc1. The monoisotopic (exact) mass is 501 g/mol. The van der Waals surface area contributed by atoms with E-state index in [-0.39, 0.29) is 22.0 Å². The summed E-state index contributed by atoms with van der Waals surface area (Å²) >= 11 is 1.11. The zero-order valence-electron chi connectivity index (χ0n) is 18.0. The van der Waals surface area contributed by atoms with Crippen LogP contribution in [0.1, 0.15) is 28.7 Å². The second-order valence-corrected chi connectivity index (χ2v) is 9.95. The number of ether oxygens (including phenoxy) is 1. The van der Waals surface area contributed by atoms with Crippen LogP contribution in [0.3, 0.4) is 0 Å². The number of anilines is 2. The van der Waals surface area contributed by atoms with E-state index < -0.39 is 28.0 Å². The van der Waals surface area contributed by atoms with Crippen LogP contribution in [-0.4, -0.2) is 41.6 Å². The van der Waals surface area contributed by atoms with Gasteiger partial charge in [-0.25, -0.2) is 18.2 Å². The number of oxazole rings is 1. The van der Waals surface area contributed by atoms with E-state index in [0.717, 1.165) is 11.3 Å². The predicted molar refractivity (Wildman–Crippen MR) is 124 cm³/mol. The van der Waals surface area contributed by atoms with E-state index >= 15 is 0 Å². The van der Waals surface area contributed by atoms with E-state index in [0.29, 0.717) is 21.8 Å². The molecular weight excluding hydrogens is 482 g/mol. The van der Waals surface area contributed by atoms with Gasteiger partial charge in [-0.1, -0.05) is 18.3 Å².